The van der Waals surface area contributed by atoms with Crippen LogP contribution in [-0.2, 0) is 0 Å². The van der Waals surface area contributed by atoms with Gasteiger partial charge in [-0.2, -0.15) is 0 Å². The van der Waals surface area contributed by atoms with Crippen LogP contribution >= 0.6 is 40.7 Å². The molecule has 1 saturated heterocycles. The molecule has 1 aliphatic rings. The van der Waals surface area contributed by atoms with Crippen molar-refractivity contribution >= 4 is 46.4 Å². The second-order valence-corrected chi connectivity index (χ2v) is 6.75. The maximum Gasteiger partial charge on any atom is 0.283 e. The van der Waals surface area contributed by atoms with Gasteiger partial charge in [0.1, 0.15) is 0 Å². The van der Waals surface area contributed by atoms with E-state index in [9.17, 15) is 10.1 Å². The van der Waals surface area contributed by atoms with Crippen molar-refractivity contribution in [1.29, 1.82) is 0 Å². The Labute approximate surface area is 158 Å². The van der Waals surface area contributed by atoms with Crippen LogP contribution < -0.4 is 5.32 Å². The van der Waals surface area contributed by atoms with Gasteiger partial charge >= 0.3 is 0 Å². The fourth-order valence-corrected chi connectivity index (χ4v) is 3.20. The van der Waals surface area contributed by atoms with E-state index in [4.69, 9.17) is 0 Å². The van der Waals surface area contributed by atoms with Gasteiger partial charge in [-0.15, -0.1) is 24.8 Å². The third kappa shape index (κ3) is 6.19. The number of hydrogen-bond donors (Lipinski definition) is 1. The fourth-order valence-electron chi connectivity index (χ4n) is 2.81. The highest BCUT2D eigenvalue weighted by Gasteiger charge is 2.25. The van der Waals surface area contributed by atoms with Gasteiger partial charge in [-0.05, 0) is 39.9 Å². The van der Waals surface area contributed by atoms with Crippen LogP contribution in [0.3, 0.4) is 0 Å². The molecule has 8 heteroatoms. The molecule has 1 atom stereocenters. The predicted molar refractivity (Wildman–Crippen MR) is 102 cm³/mol. The van der Waals surface area contributed by atoms with E-state index in [0.29, 0.717) is 10.4 Å². The Morgan fingerprint density at radius 1 is 1.30 bits per heavy atom. The summed E-state index contributed by atoms with van der Waals surface area (Å²) < 4.78 is 0.542. The van der Waals surface area contributed by atoms with Crippen LogP contribution in [0.25, 0.3) is 0 Å². The summed E-state index contributed by atoms with van der Waals surface area (Å²) in [5.74, 6) is 0.549. The van der Waals surface area contributed by atoms with Crippen LogP contribution in [0.4, 0.5) is 5.69 Å². The zero-order valence-electron chi connectivity index (χ0n) is 13.3. The average Bonchev–Trinajstić information content (AvgIpc) is 2.46. The quantitative estimate of drug-likeness (QED) is 0.564. The van der Waals surface area contributed by atoms with Crippen LogP contribution in [0.1, 0.15) is 31.9 Å². The first kappa shape index (κ1) is 22.6. The second-order valence-electron chi connectivity index (χ2n) is 5.90. The first-order valence-corrected chi connectivity index (χ1v) is 8.17. The van der Waals surface area contributed by atoms with Gasteiger partial charge in [-0.25, -0.2) is 0 Å². The number of nitrogens with one attached hydrogen (secondary N) is 1. The number of rotatable bonds is 5. The molecule has 1 aliphatic heterocycles. The minimum atomic E-state index is -0.322. The van der Waals surface area contributed by atoms with Crippen molar-refractivity contribution in [1.82, 2.24) is 10.2 Å². The van der Waals surface area contributed by atoms with Gasteiger partial charge in [0, 0.05) is 38.3 Å². The highest BCUT2D eigenvalue weighted by atomic mass is 79.9. The summed E-state index contributed by atoms with van der Waals surface area (Å²) in [5, 5.41) is 14.5. The maximum atomic E-state index is 11.1. The van der Waals surface area contributed by atoms with E-state index in [1.54, 1.807) is 12.1 Å². The van der Waals surface area contributed by atoms with Crippen LogP contribution in [0.5, 0.6) is 0 Å². The summed E-state index contributed by atoms with van der Waals surface area (Å²) in [5.41, 5.74) is 1.19. The van der Waals surface area contributed by atoms with E-state index < -0.39 is 0 Å². The van der Waals surface area contributed by atoms with Crippen molar-refractivity contribution in [2.24, 2.45) is 5.92 Å². The Kier molecular flexibility index (Phi) is 10.3. The summed E-state index contributed by atoms with van der Waals surface area (Å²) in [6.45, 7) is 8.33. The number of nitro benzene ring substituents is 1. The monoisotopic (exact) mass is 427 g/mol. The van der Waals surface area contributed by atoms with Crippen molar-refractivity contribution in [3.8, 4) is 0 Å². The minimum Gasteiger partial charge on any atom is -0.314 e. The van der Waals surface area contributed by atoms with E-state index in [1.165, 1.54) is 0 Å². The Morgan fingerprint density at radius 2 is 1.91 bits per heavy atom. The van der Waals surface area contributed by atoms with Crippen molar-refractivity contribution in [3.05, 3.63) is 38.3 Å². The average molecular weight is 429 g/mol. The molecule has 0 aliphatic carbocycles. The predicted octanol–water partition coefficient (Wildman–Crippen LogP) is 4.19. The maximum absolute atomic E-state index is 11.1. The largest absolute Gasteiger partial charge is 0.314 e. The lowest BCUT2D eigenvalue weighted by molar-refractivity contribution is -0.385. The third-order valence-corrected chi connectivity index (χ3v) is 4.51. The molecular formula is C15H24BrCl2N3O2. The Morgan fingerprint density at radius 3 is 2.43 bits per heavy atom. The fraction of sp³-hybridized carbons (Fsp3) is 0.600. The molecule has 0 amide bonds. The van der Waals surface area contributed by atoms with Gasteiger partial charge < -0.3 is 5.32 Å². The normalized spacial score (nSPS) is 16.3. The van der Waals surface area contributed by atoms with E-state index >= 15 is 0 Å². The van der Waals surface area contributed by atoms with Gasteiger partial charge in [-0.3, -0.25) is 15.0 Å². The molecule has 0 unspecified atom stereocenters. The van der Waals surface area contributed by atoms with Crippen molar-refractivity contribution in [3.63, 3.8) is 0 Å². The molecule has 5 nitrogen and oxygen atoms in total. The van der Waals surface area contributed by atoms with Gasteiger partial charge in [-0.1, -0.05) is 19.9 Å². The zero-order chi connectivity index (χ0) is 15.4. The van der Waals surface area contributed by atoms with Crippen LogP contribution in [0.15, 0.2) is 22.7 Å². The van der Waals surface area contributed by atoms with Crippen LogP contribution in [0.2, 0.25) is 0 Å². The molecule has 0 aromatic heterocycles. The zero-order valence-corrected chi connectivity index (χ0v) is 16.5. The summed E-state index contributed by atoms with van der Waals surface area (Å²) in [6, 6.07) is 5.77. The second kappa shape index (κ2) is 10.5. The lowest BCUT2D eigenvalue weighted by Gasteiger charge is -2.36. The number of nitro groups is 1. The summed E-state index contributed by atoms with van der Waals surface area (Å²) in [4.78, 5) is 13.3. The lowest BCUT2D eigenvalue weighted by Crippen LogP contribution is -2.45. The molecule has 1 aromatic rings. The Balaban J connectivity index is 0.00000242. The molecule has 2 rings (SSSR count). The molecule has 1 fully saturated rings. The first-order valence-electron chi connectivity index (χ1n) is 7.37. The molecule has 0 bridgehead atoms. The van der Waals surface area contributed by atoms with Gasteiger partial charge in [0.05, 0.1) is 9.40 Å². The number of halogens is 3. The minimum absolute atomic E-state index is 0. The van der Waals surface area contributed by atoms with Crippen LogP contribution in [0, 0.1) is 16.0 Å². The van der Waals surface area contributed by atoms with Crippen molar-refractivity contribution < 1.29 is 4.92 Å². The lowest BCUT2D eigenvalue weighted by atomic mass is 9.94. The van der Waals surface area contributed by atoms with Gasteiger partial charge in [0.25, 0.3) is 5.69 Å². The summed E-state index contributed by atoms with van der Waals surface area (Å²) in [7, 11) is 0. The molecule has 1 N–H and O–H groups in total. The van der Waals surface area contributed by atoms with Crippen LogP contribution in [-0.4, -0.2) is 36.0 Å². The van der Waals surface area contributed by atoms with Crippen molar-refractivity contribution in [2.45, 2.75) is 26.3 Å². The number of benzene rings is 1. The Bertz CT molecular complexity index is 511. The third-order valence-electron chi connectivity index (χ3n) is 3.84. The highest BCUT2D eigenvalue weighted by molar-refractivity contribution is 9.10. The number of hydrogen-bond acceptors (Lipinski definition) is 4. The van der Waals surface area contributed by atoms with Gasteiger partial charge in [0.2, 0.25) is 0 Å². The smallest absolute Gasteiger partial charge is 0.283 e. The first-order chi connectivity index (χ1) is 9.99. The molecule has 0 saturated carbocycles. The summed E-state index contributed by atoms with van der Waals surface area (Å²) in [6.07, 6.45) is 1.01. The van der Waals surface area contributed by atoms with Crippen molar-refractivity contribution in [2.75, 3.05) is 26.2 Å². The molecular weight excluding hydrogens is 405 g/mol. The van der Waals surface area contributed by atoms with E-state index in [0.717, 1.165) is 38.2 Å². The van der Waals surface area contributed by atoms with Gasteiger partial charge in [0.15, 0.2) is 0 Å². The Hall–Kier alpha value is -0.400. The number of nitrogens with zero attached hydrogens (tertiary/aromatic N) is 2. The summed E-state index contributed by atoms with van der Waals surface area (Å²) >= 11 is 3.26. The molecule has 0 radical (unpaired) electrons. The van der Waals surface area contributed by atoms with E-state index in [1.807, 2.05) is 6.07 Å². The topological polar surface area (TPSA) is 58.4 Å². The number of piperazine rings is 1. The standard InChI is InChI=1S/C15H22BrN3O2.2ClH/c1-11(2)9-14(18-7-5-17-6-8-18)12-3-4-13(16)15(10-12)19(20)21;;/h3-4,10-11,14,17H,5-9H2,1-2H3;2*1H/t14-;;/m1../s1. The molecule has 0 spiro atoms. The molecule has 132 valence electrons. The highest BCUT2D eigenvalue weighted by Crippen LogP contribution is 2.33. The molecule has 1 aromatic carbocycles. The molecule has 23 heavy (non-hydrogen) atoms. The SMILES string of the molecule is CC(C)C[C@H](c1ccc(Br)c([N+](=O)[O-])c1)N1CCNCC1.Cl.Cl. The molecule has 1 heterocycles. The van der Waals surface area contributed by atoms with E-state index in [2.05, 4.69) is 40.0 Å². The van der Waals surface area contributed by atoms with E-state index in [-0.39, 0.29) is 41.5 Å².